The van der Waals surface area contributed by atoms with Crippen LogP contribution in [0.15, 0.2) is 48.8 Å². The van der Waals surface area contributed by atoms with Crippen molar-refractivity contribution in [1.29, 1.82) is 0 Å². The Morgan fingerprint density at radius 3 is 2.39 bits per heavy atom. The number of anilines is 1. The van der Waals surface area contributed by atoms with Crippen molar-refractivity contribution in [3.8, 4) is 11.8 Å². The van der Waals surface area contributed by atoms with E-state index in [-0.39, 0.29) is 28.5 Å². The van der Waals surface area contributed by atoms with Gasteiger partial charge in [-0.05, 0) is 31.0 Å². The largest absolute Gasteiger partial charge is 0.342 e. The van der Waals surface area contributed by atoms with Crippen LogP contribution in [0.3, 0.4) is 0 Å². The molecule has 1 N–H and O–H groups in total. The van der Waals surface area contributed by atoms with Crippen LogP contribution in [0.4, 0.5) is 10.2 Å². The molecule has 186 valence electrons. The number of pyridine rings is 1. The predicted octanol–water partition coefficient (Wildman–Crippen LogP) is 4.93. The van der Waals surface area contributed by atoms with Crippen LogP contribution in [-0.4, -0.2) is 44.6 Å². The average Bonchev–Trinajstić information content (AvgIpc) is 3.25. The van der Waals surface area contributed by atoms with E-state index in [2.05, 4.69) is 27.2 Å². The van der Waals surface area contributed by atoms with E-state index in [4.69, 9.17) is 11.6 Å². The third kappa shape index (κ3) is 5.74. The number of likely N-dealkylation sites (tertiary alicyclic amines) is 1. The fourth-order valence-electron chi connectivity index (χ4n) is 4.05. The molecule has 1 aliphatic heterocycles. The van der Waals surface area contributed by atoms with Crippen LogP contribution >= 0.6 is 11.6 Å². The number of rotatable bonds is 3. The summed E-state index contributed by atoms with van der Waals surface area (Å²) < 4.78 is 16.3. The van der Waals surface area contributed by atoms with Gasteiger partial charge in [-0.1, -0.05) is 62.4 Å². The van der Waals surface area contributed by atoms with Gasteiger partial charge in [-0.15, -0.1) is 0 Å². The number of amides is 2. The summed E-state index contributed by atoms with van der Waals surface area (Å²) in [5.74, 6) is 4.36. The molecule has 0 saturated carbocycles. The van der Waals surface area contributed by atoms with E-state index in [0.29, 0.717) is 31.5 Å². The predicted molar refractivity (Wildman–Crippen MR) is 136 cm³/mol. The maximum Gasteiger partial charge on any atom is 0.276 e. The summed E-state index contributed by atoms with van der Waals surface area (Å²) in [4.78, 5) is 31.5. The van der Waals surface area contributed by atoms with E-state index in [9.17, 15) is 14.0 Å². The second kappa shape index (κ2) is 10.5. The average molecular weight is 508 g/mol. The first-order chi connectivity index (χ1) is 17.1. The number of aromatic nitrogens is 3. The number of benzene rings is 1. The number of piperidine rings is 1. The number of hydrogen-bond acceptors (Lipinski definition) is 4. The Bertz CT molecular complexity index is 1330. The van der Waals surface area contributed by atoms with Crippen LogP contribution in [-0.2, 0) is 4.79 Å². The first-order valence-electron chi connectivity index (χ1n) is 11.7. The topological polar surface area (TPSA) is 80.1 Å². The van der Waals surface area contributed by atoms with Gasteiger partial charge in [0.25, 0.3) is 5.91 Å². The Hall–Kier alpha value is -3.70. The molecule has 0 bridgehead atoms. The quantitative estimate of drug-likeness (QED) is 0.510. The van der Waals surface area contributed by atoms with E-state index in [0.717, 1.165) is 5.56 Å². The van der Waals surface area contributed by atoms with Crippen molar-refractivity contribution >= 4 is 29.2 Å². The zero-order chi connectivity index (χ0) is 25.9. The first-order valence-corrected chi connectivity index (χ1v) is 12.1. The molecule has 1 aromatic carbocycles. The maximum absolute atomic E-state index is 14.7. The highest BCUT2D eigenvalue weighted by molar-refractivity contribution is 6.34. The lowest BCUT2D eigenvalue weighted by molar-refractivity contribution is -0.140. The van der Waals surface area contributed by atoms with Gasteiger partial charge in [0, 0.05) is 35.8 Å². The lowest BCUT2D eigenvalue weighted by atomic mass is 9.93. The Balaban J connectivity index is 1.46. The molecular weight excluding hydrogens is 481 g/mol. The number of carbonyl (C=O) groups excluding carboxylic acids is 2. The molecule has 4 rings (SSSR count). The third-order valence-corrected chi connectivity index (χ3v) is 6.18. The van der Waals surface area contributed by atoms with Crippen LogP contribution < -0.4 is 5.32 Å². The highest BCUT2D eigenvalue weighted by atomic mass is 35.5. The van der Waals surface area contributed by atoms with Gasteiger partial charge < -0.3 is 10.2 Å². The summed E-state index contributed by atoms with van der Waals surface area (Å²) in [5.41, 5.74) is 0.860. The van der Waals surface area contributed by atoms with Crippen LogP contribution in [0.2, 0.25) is 5.02 Å². The molecule has 1 saturated heterocycles. The standard InChI is InChI=1S/C27H27ClFN5O2/c1-27(2,3)26(36)33-13-11-20(12-14-33)34-23(21(28)17-31-34)25(35)32-24-22(29)15-19(16-30-24)10-9-18-7-5-4-6-8-18/h4-8,15-17,20H,11-14H2,1-3H3,(H,30,32,35). The zero-order valence-electron chi connectivity index (χ0n) is 20.4. The third-order valence-electron chi connectivity index (χ3n) is 5.90. The van der Waals surface area contributed by atoms with Gasteiger partial charge in [-0.25, -0.2) is 9.37 Å². The van der Waals surface area contributed by atoms with Crippen molar-refractivity contribution in [2.75, 3.05) is 18.4 Å². The van der Waals surface area contributed by atoms with Crippen LogP contribution in [0, 0.1) is 23.1 Å². The van der Waals surface area contributed by atoms with Gasteiger partial charge in [0.1, 0.15) is 5.69 Å². The molecule has 0 radical (unpaired) electrons. The highest BCUT2D eigenvalue weighted by Crippen LogP contribution is 2.29. The van der Waals surface area contributed by atoms with E-state index < -0.39 is 17.1 Å². The fraction of sp³-hybridized carbons (Fsp3) is 0.333. The van der Waals surface area contributed by atoms with Gasteiger partial charge >= 0.3 is 0 Å². The second-order valence-corrected chi connectivity index (χ2v) is 10.1. The van der Waals surface area contributed by atoms with Gasteiger partial charge in [-0.2, -0.15) is 5.10 Å². The van der Waals surface area contributed by atoms with Gasteiger partial charge in [0.2, 0.25) is 5.91 Å². The lowest BCUT2D eigenvalue weighted by Gasteiger charge is -2.36. The summed E-state index contributed by atoms with van der Waals surface area (Å²) in [5, 5.41) is 6.96. The lowest BCUT2D eigenvalue weighted by Crippen LogP contribution is -2.44. The molecule has 2 aromatic heterocycles. The van der Waals surface area contributed by atoms with E-state index in [1.54, 1.807) is 4.68 Å². The molecule has 0 spiro atoms. The Morgan fingerprint density at radius 2 is 1.75 bits per heavy atom. The Labute approximate surface area is 214 Å². The van der Waals surface area contributed by atoms with E-state index >= 15 is 0 Å². The van der Waals surface area contributed by atoms with E-state index in [1.165, 1.54) is 18.5 Å². The van der Waals surface area contributed by atoms with Crippen LogP contribution in [0.5, 0.6) is 0 Å². The smallest absolute Gasteiger partial charge is 0.276 e. The van der Waals surface area contributed by atoms with Gasteiger partial charge in [0.15, 0.2) is 11.6 Å². The minimum atomic E-state index is -0.709. The number of nitrogens with one attached hydrogen (secondary N) is 1. The van der Waals surface area contributed by atoms with Crippen molar-refractivity contribution in [2.24, 2.45) is 5.41 Å². The van der Waals surface area contributed by atoms with Crippen molar-refractivity contribution in [1.82, 2.24) is 19.7 Å². The molecule has 9 heteroatoms. The maximum atomic E-state index is 14.7. The van der Waals surface area contributed by atoms with Gasteiger partial charge in [0.05, 0.1) is 17.3 Å². The first kappa shape index (κ1) is 25.4. The summed E-state index contributed by atoms with van der Waals surface area (Å²) >= 11 is 6.29. The van der Waals surface area contributed by atoms with Crippen molar-refractivity contribution in [3.05, 3.63) is 76.5 Å². The molecule has 0 atom stereocenters. The van der Waals surface area contributed by atoms with Crippen LogP contribution in [0.1, 0.15) is 61.3 Å². The summed E-state index contributed by atoms with van der Waals surface area (Å²) in [6.45, 7) is 6.80. The molecule has 1 fully saturated rings. The van der Waals surface area contributed by atoms with Crippen molar-refractivity contribution in [3.63, 3.8) is 0 Å². The molecule has 0 aliphatic carbocycles. The molecule has 36 heavy (non-hydrogen) atoms. The summed E-state index contributed by atoms with van der Waals surface area (Å²) in [7, 11) is 0. The monoisotopic (exact) mass is 507 g/mol. The second-order valence-electron chi connectivity index (χ2n) is 9.68. The van der Waals surface area contributed by atoms with E-state index in [1.807, 2.05) is 56.0 Å². The van der Waals surface area contributed by atoms with Crippen molar-refractivity contribution < 1.29 is 14.0 Å². The van der Waals surface area contributed by atoms with Gasteiger partial charge in [-0.3, -0.25) is 14.3 Å². The zero-order valence-corrected chi connectivity index (χ0v) is 21.1. The molecule has 7 nitrogen and oxygen atoms in total. The molecule has 3 aromatic rings. The SMILES string of the molecule is CC(C)(C)C(=O)N1CCC(n2ncc(Cl)c2C(=O)Nc2ncc(C#Cc3ccccc3)cc2F)CC1. The Morgan fingerprint density at radius 1 is 1.08 bits per heavy atom. The minimum absolute atomic E-state index is 0.0934. The highest BCUT2D eigenvalue weighted by Gasteiger charge is 2.32. The molecule has 1 aliphatic rings. The molecule has 2 amide bonds. The molecular formula is C27H27ClFN5O2. The molecule has 3 heterocycles. The molecule has 0 unspecified atom stereocenters. The van der Waals surface area contributed by atoms with Crippen molar-refractivity contribution in [2.45, 2.75) is 39.7 Å². The number of nitrogens with zero attached hydrogens (tertiary/aromatic N) is 4. The van der Waals surface area contributed by atoms with Crippen LogP contribution in [0.25, 0.3) is 0 Å². The summed E-state index contributed by atoms with van der Waals surface area (Å²) in [6.07, 6.45) is 4.05. The summed E-state index contributed by atoms with van der Waals surface area (Å²) in [6, 6.07) is 10.4. The number of carbonyl (C=O) groups is 2. The fourth-order valence-corrected chi connectivity index (χ4v) is 4.27. The minimum Gasteiger partial charge on any atom is -0.342 e. The normalized spacial score (nSPS) is 14.2. The number of hydrogen-bond donors (Lipinski definition) is 1. The number of halogens is 2. The Kier molecular flexibility index (Phi) is 7.41.